The molecule has 1 atom stereocenters. The first-order valence-corrected chi connectivity index (χ1v) is 5.43. The minimum atomic E-state index is -4.24. The van der Waals surface area contributed by atoms with E-state index < -0.39 is 7.82 Å². The first kappa shape index (κ1) is 11.3. The van der Waals surface area contributed by atoms with Gasteiger partial charge in [-0.1, -0.05) is 0 Å². The molecule has 0 saturated carbocycles. The highest BCUT2D eigenvalue weighted by Gasteiger charge is 2.27. The third-order valence-electron chi connectivity index (χ3n) is 1.13. The van der Waals surface area contributed by atoms with Crippen molar-refractivity contribution in [1.29, 1.82) is 0 Å². The van der Waals surface area contributed by atoms with E-state index in [1.165, 1.54) is 6.34 Å². The highest BCUT2D eigenvalue weighted by molar-refractivity contribution is 7.80. The second-order valence-electron chi connectivity index (χ2n) is 2.27. The largest absolute Gasteiger partial charge is 0.515 e. The number of thiocarbonyl (C=S) groups is 1. The van der Waals surface area contributed by atoms with Gasteiger partial charge < -0.3 is 5.73 Å². The third-order valence-corrected chi connectivity index (χ3v) is 1.95. The summed E-state index contributed by atoms with van der Waals surface area (Å²) in [4.78, 5) is 12.8. The molecule has 0 saturated heterocycles. The number of nitrogens with two attached hydrogens (primary N) is 1. The molecule has 1 heterocycles. The second-order valence-corrected chi connectivity index (χ2v) is 3.99. The van der Waals surface area contributed by atoms with Crippen LogP contribution in [-0.4, -0.2) is 34.5 Å². The van der Waals surface area contributed by atoms with Crippen molar-refractivity contribution in [2.75, 3.05) is 13.1 Å². The van der Waals surface area contributed by atoms with E-state index >= 15 is 0 Å². The smallest absolute Gasteiger partial charge is 0.375 e. The monoisotopic (exact) mass is 240 g/mol. The van der Waals surface area contributed by atoms with Gasteiger partial charge in [0.25, 0.3) is 0 Å². The Labute approximate surface area is 85.2 Å². The van der Waals surface area contributed by atoms with Gasteiger partial charge in [-0.15, -0.1) is 0 Å². The van der Waals surface area contributed by atoms with Crippen LogP contribution in [0.2, 0.25) is 0 Å². The van der Waals surface area contributed by atoms with Crippen LogP contribution < -0.4 is 11.2 Å². The molecule has 0 spiro atoms. The van der Waals surface area contributed by atoms with E-state index in [4.69, 9.17) is 10.6 Å². The van der Waals surface area contributed by atoms with Gasteiger partial charge >= 0.3 is 7.82 Å². The number of nitrogens with one attached hydrogen (secondary N) is 1. The molecule has 8 nitrogen and oxygen atoms in total. The van der Waals surface area contributed by atoms with E-state index in [9.17, 15) is 4.57 Å². The Morgan fingerprint density at radius 1 is 1.86 bits per heavy atom. The molecule has 4 N–H and O–H groups in total. The van der Waals surface area contributed by atoms with Gasteiger partial charge in [-0.05, 0) is 12.2 Å². The van der Waals surface area contributed by atoms with Crippen molar-refractivity contribution in [3.63, 3.8) is 0 Å². The summed E-state index contributed by atoms with van der Waals surface area (Å²) in [6, 6.07) is 0. The van der Waals surface area contributed by atoms with Crippen molar-refractivity contribution in [3.8, 4) is 0 Å². The summed E-state index contributed by atoms with van der Waals surface area (Å²) >= 11 is 4.36. The number of nitrogens with zero attached hydrogens (tertiary/aromatic N) is 2. The molecule has 0 fully saturated rings. The zero-order valence-electron chi connectivity index (χ0n) is 6.99. The molecule has 0 aromatic rings. The lowest BCUT2D eigenvalue weighted by molar-refractivity contribution is -0.0163. The molecule has 0 radical (unpaired) electrons. The van der Waals surface area contributed by atoms with Gasteiger partial charge in [0.05, 0.1) is 13.1 Å². The molecule has 0 aliphatic carbocycles. The lowest BCUT2D eigenvalue weighted by Gasteiger charge is -2.17. The maximum Gasteiger partial charge on any atom is 0.515 e. The normalized spacial score (nSPS) is 19.4. The van der Waals surface area contributed by atoms with Gasteiger partial charge in [0.2, 0.25) is 0 Å². The number of aliphatic imine (C=N–C) groups is 1. The number of hydrogen-bond donors (Lipinski definition) is 3. The van der Waals surface area contributed by atoms with E-state index in [2.05, 4.69) is 26.5 Å². The lowest BCUT2D eigenvalue weighted by Crippen LogP contribution is -2.29. The number of hydroxylamine groups is 3. The van der Waals surface area contributed by atoms with Crippen LogP contribution in [0.25, 0.3) is 0 Å². The van der Waals surface area contributed by atoms with Gasteiger partial charge in [-0.2, -0.15) is 9.25 Å². The van der Waals surface area contributed by atoms with Crippen LogP contribution in [0, 0.1) is 0 Å². The van der Waals surface area contributed by atoms with Crippen LogP contribution in [-0.2, 0) is 13.8 Å². The molecule has 80 valence electrons. The second kappa shape index (κ2) is 4.67. The molecule has 10 heteroatoms. The Morgan fingerprint density at radius 3 is 3.07 bits per heavy atom. The fraction of sp³-hybridized carbons (Fsp3) is 0.500. The molecule has 0 aromatic carbocycles. The summed E-state index contributed by atoms with van der Waals surface area (Å²) in [5, 5.41) is 0.820. The summed E-state index contributed by atoms with van der Waals surface area (Å²) in [5.41, 5.74) is 6.84. The molecule has 1 rings (SSSR count). The van der Waals surface area contributed by atoms with E-state index in [1.54, 1.807) is 0 Å². The van der Waals surface area contributed by atoms with Crippen LogP contribution in [0.1, 0.15) is 0 Å². The summed E-state index contributed by atoms with van der Waals surface area (Å²) in [6.45, 7) is 0.893. The van der Waals surface area contributed by atoms with Crippen molar-refractivity contribution in [2.45, 2.75) is 0 Å². The molecular weight excluding hydrogens is 231 g/mol. The average Bonchev–Trinajstić information content (AvgIpc) is 2.53. The summed E-state index contributed by atoms with van der Waals surface area (Å²) in [7, 11) is -4.24. The zero-order valence-corrected chi connectivity index (χ0v) is 8.70. The molecule has 1 aliphatic heterocycles. The van der Waals surface area contributed by atoms with Crippen molar-refractivity contribution >= 4 is 31.5 Å². The van der Waals surface area contributed by atoms with Crippen molar-refractivity contribution in [3.05, 3.63) is 0 Å². The van der Waals surface area contributed by atoms with E-state index in [-0.39, 0.29) is 5.11 Å². The fourth-order valence-electron chi connectivity index (χ4n) is 0.677. The van der Waals surface area contributed by atoms with Crippen molar-refractivity contribution < 1.29 is 18.7 Å². The molecule has 0 bridgehead atoms. The van der Waals surface area contributed by atoms with Gasteiger partial charge in [0.1, 0.15) is 6.34 Å². The van der Waals surface area contributed by atoms with E-state index in [1.807, 2.05) is 5.48 Å². The first-order chi connectivity index (χ1) is 6.49. The SMILES string of the molecule is NC(=S)NOP(=O)(O)ON1C=NCC1. The van der Waals surface area contributed by atoms with Crippen LogP contribution in [0.4, 0.5) is 0 Å². The Bertz CT molecular complexity index is 297. The molecule has 1 unspecified atom stereocenters. The van der Waals surface area contributed by atoms with Crippen LogP contribution in [0.3, 0.4) is 0 Å². The summed E-state index contributed by atoms with van der Waals surface area (Å²) < 4.78 is 19.9. The fourth-order valence-corrected chi connectivity index (χ4v) is 1.42. The van der Waals surface area contributed by atoms with Gasteiger partial charge in [0, 0.05) is 0 Å². The lowest BCUT2D eigenvalue weighted by atomic mass is 10.7. The van der Waals surface area contributed by atoms with Crippen molar-refractivity contribution in [2.24, 2.45) is 10.7 Å². The molecule has 0 aromatic heterocycles. The number of phosphoric acid groups is 1. The van der Waals surface area contributed by atoms with Crippen LogP contribution >= 0.6 is 20.0 Å². The molecule has 1 aliphatic rings. The van der Waals surface area contributed by atoms with E-state index in [0.717, 1.165) is 5.06 Å². The predicted molar refractivity (Wildman–Crippen MR) is 52.0 cm³/mol. The van der Waals surface area contributed by atoms with Gasteiger partial charge in [0.15, 0.2) is 5.11 Å². The standard InChI is InChI=1S/C4H9N4O4PS/c5-4(14)7-11-13(9,10)12-8-2-1-6-3-8/h3H,1-2H2,(H,9,10)(H3,5,7,14). The van der Waals surface area contributed by atoms with Gasteiger partial charge in [-0.25, -0.2) is 15.1 Å². The maximum absolute atomic E-state index is 11.1. The zero-order chi connectivity index (χ0) is 10.6. The van der Waals surface area contributed by atoms with Gasteiger partial charge in [-0.3, -0.25) is 9.89 Å². The Hall–Kier alpha value is -0.730. The first-order valence-electron chi connectivity index (χ1n) is 3.53. The number of hydrogen-bond acceptors (Lipinski definition) is 6. The topological polar surface area (TPSA) is 109 Å². The molecule has 0 amide bonds. The molecular formula is C4H9N4O4PS. The number of rotatable bonds is 4. The Kier molecular flexibility index (Phi) is 3.78. The third kappa shape index (κ3) is 3.99. The minimum absolute atomic E-state index is 0.266. The van der Waals surface area contributed by atoms with Crippen molar-refractivity contribution in [1.82, 2.24) is 10.5 Å². The maximum atomic E-state index is 11.1. The average molecular weight is 240 g/mol. The quantitative estimate of drug-likeness (QED) is 0.330. The van der Waals surface area contributed by atoms with Crippen LogP contribution in [0.15, 0.2) is 4.99 Å². The highest BCUT2D eigenvalue weighted by Crippen LogP contribution is 2.42. The Morgan fingerprint density at radius 2 is 2.57 bits per heavy atom. The predicted octanol–water partition coefficient (Wildman–Crippen LogP) is -0.873. The van der Waals surface area contributed by atoms with Crippen LogP contribution in [0.5, 0.6) is 0 Å². The highest BCUT2D eigenvalue weighted by atomic mass is 32.1. The Balaban J connectivity index is 2.36. The summed E-state index contributed by atoms with van der Waals surface area (Å²) in [5.74, 6) is 0. The molecule has 14 heavy (non-hydrogen) atoms. The van der Waals surface area contributed by atoms with E-state index in [0.29, 0.717) is 13.1 Å². The minimum Gasteiger partial charge on any atom is -0.375 e. The summed E-state index contributed by atoms with van der Waals surface area (Å²) in [6.07, 6.45) is 1.28.